The highest BCUT2D eigenvalue weighted by atomic mass is 16.5. The molecule has 0 aliphatic heterocycles. The van der Waals surface area contributed by atoms with Crippen molar-refractivity contribution < 1.29 is 4.74 Å². The van der Waals surface area contributed by atoms with E-state index in [4.69, 9.17) is 4.74 Å². The van der Waals surface area contributed by atoms with Gasteiger partial charge in [0.15, 0.2) is 5.75 Å². The molecule has 1 aromatic heterocycles. The van der Waals surface area contributed by atoms with Crippen LogP contribution in [0, 0.1) is 0 Å². The number of hydrogen-bond acceptors (Lipinski definition) is 2. The van der Waals surface area contributed by atoms with Crippen molar-refractivity contribution in [3.05, 3.63) is 12.4 Å². The molecule has 0 N–H and O–H groups in total. The molecule has 0 amide bonds. The molecule has 0 spiro atoms. The van der Waals surface area contributed by atoms with E-state index in [-0.39, 0.29) is 6.10 Å². The SMILES string of the molecule is CCCC(C)Oc1cnn(C(C)C)c1. The molecule has 0 radical (unpaired) electrons. The molecule has 1 atom stereocenters. The van der Waals surface area contributed by atoms with Gasteiger partial charge in [-0.3, -0.25) is 4.68 Å². The average Bonchev–Trinajstić information content (AvgIpc) is 2.53. The summed E-state index contributed by atoms with van der Waals surface area (Å²) in [4.78, 5) is 0. The second kappa shape index (κ2) is 5.03. The smallest absolute Gasteiger partial charge is 0.157 e. The van der Waals surface area contributed by atoms with Crippen LogP contribution in [-0.4, -0.2) is 15.9 Å². The van der Waals surface area contributed by atoms with Crippen LogP contribution in [0.5, 0.6) is 5.75 Å². The third-order valence-corrected chi connectivity index (χ3v) is 2.14. The maximum absolute atomic E-state index is 5.70. The number of ether oxygens (including phenoxy) is 1. The van der Waals surface area contributed by atoms with Crippen molar-refractivity contribution in [2.75, 3.05) is 0 Å². The van der Waals surface area contributed by atoms with Gasteiger partial charge in [0.2, 0.25) is 0 Å². The van der Waals surface area contributed by atoms with E-state index in [0.717, 1.165) is 18.6 Å². The van der Waals surface area contributed by atoms with Crippen molar-refractivity contribution in [2.45, 2.75) is 52.7 Å². The normalized spacial score (nSPS) is 13.2. The summed E-state index contributed by atoms with van der Waals surface area (Å²) in [5, 5.41) is 4.22. The fourth-order valence-corrected chi connectivity index (χ4v) is 1.36. The van der Waals surface area contributed by atoms with E-state index in [9.17, 15) is 0 Å². The van der Waals surface area contributed by atoms with Gasteiger partial charge in [0.25, 0.3) is 0 Å². The Morgan fingerprint density at radius 2 is 2.14 bits per heavy atom. The quantitative estimate of drug-likeness (QED) is 0.723. The Bertz CT molecular complexity index is 268. The van der Waals surface area contributed by atoms with Crippen LogP contribution in [0.4, 0.5) is 0 Å². The predicted octanol–water partition coefficient (Wildman–Crippen LogP) is 3.03. The molecule has 1 rings (SSSR count). The van der Waals surface area contributed by atoms with E-state index in [1.807, 2.05) is 10.9 Å². The molecular weight excluding hydrogens is 176 g/mol. The van der Waals surface area contributed by atoms with Crippen LogP contribution in [0.2, 0.25) is 0 Å². The Hall–Kier alpha value is -0.990. The number of nitrogens with zero attached hydrogens (tertiary/aromatic N) is 2. The average molecular weight is 196 g/mol. The summed E-state index contributed by atoms with van der Waals surface area (Å²) in [5.41, 5.74) is 0. The van der Waals surface area contributed by atoms with E-state index >= 15 is 0 Å². The summed E-state index contributed by atoms with van der Waals surface area (Å²) in [6, 6.07) is 0.397. The van der Waals surface area contributed by atoms with Crippen LogP contribution in [0.3, 0.4) is 0 Å². The summed E-state index contributed by atoms with van der Waals surface area (Å²) >= 11 is 0. The molecule has 1 aromatic rings. The predicted molar refractivity (Wildman–Crippen MR) is 57.6 cm³/mol. The van der Waals surface area contributed by atoms with Crippen molar-refractivity contribution >= 4 is 0 Å². The minimum absolute atomic E-state index is 0.282. The maximum Gasteiger partial charge on any atom is 0.157 e. The third-order valence-electron chi connectivity index (χ3n) is 2.14. The zero-order valence-corrected chi connectivity index (χ0v) is 9.53. The standard InChI is InChI=1S/C11H20N2O/c1-5-6-10(4)14-11-7-12-13(8-11)9(2)3/h7-10H,5-6H2,1-4H3. The maximum atomic E-state index is 5.70. The Kier molecular flexibility index (Phi) is 3.98. The molecular formula is C11H20N2O. The van der Waals surface area contributed by atoms with Crippen molar-refractivity contribution in [2.24, 2.45) is 0 Å². The molecule has 0 fully saturated rings. The Balaban J connectivity index is 2.51. The van der Waals surface area contributed by atoms with Crippen LogP contribution >= 0.6 is 0 Å². The van der Waals surface area contributed by atoms with Gasteiger partial charge in [0.1, 0.15) is 0 Å². The van der Waals surface area contributed by atoms with Gasteiger partial charge in [0, 0.05) is 6.04 Å². The van der Waals surface area contributed by atoms with Gasteiger partial charge in [-0.15, -0.1) is 0 Å². The lowest BCUT2D eigenvalue weighted by Crippen LogP contribution is -2.10. The molecule has 1 unspecified atom stereocenters. The zero-order chi connectivity index (χ0) is 10.6. The molecule has 3 heteroatoms. The highest BCUT2D eigenvalue weighted by molar-refractivity contribution is 5.12. The van der Waals surface area contributed by atoms with Gasteiger partial charge in [-0.05, 0) is 27.2 Å². The molecule has 3 nitrogen and oxygen atoms in total. The second-order valence-corrected chi connectivity index (χ2v) is 3.97. The molecule has 0 saturated heterocycles. The topological polar surface area (TPSA) is 27.1 Å². The monoisotopic (exact) mass is 196 g/mol. The minimum atomic E-state index is 0.282. The first-order chi connectivity index (χ1) is 6.63. The summed E-state index contributed by atoms with van der Waals surface area (Å²) in [6.07, 6.45) is 6.26. The lowest BCUT2D eigenvalue weighted by molar-refractivity contribution is 0.209. The van der Waals surface area contributed by atoms with Crippen molar-refractivity contribution in [1.29, 1.82) is 0 Å². The first-order valence-electron chi connectivity index (χ1n) is 5.34. The summed E-state index contributed by atoms with van der Waals surface area (Å²) in [7, 11) is 0. The third kappa shape index (κ3) is 3.05. The summed E-state index contributed by atoms with van der Waals surface area (Å²) in [5.74, 6) is 0.875. The molecule has 0 aliphatic carbocycles. The van der Waals surface area contributed by atoms with E-state index in [2.05, 4.69) is 32.8 Å². The number of rotatable bonds is 5. The van der Waals surface area contributed by atoms with E-state index in [0.29, 0.717) is 6.04 Å². The fourth-order valence-electron chi connectivity index (χ4n) is 1.36. The van der Waals surface area contributed by atoms with Gasteiger partial charge in [0.05, 0.1) is 18.5 Å². The van der Waals surface area contributed by atoms with Gasteiger partial charge in [-0.1, -0.05) is 13.3 Å². The Morgan fingerprint density at radius 3 is 2.64 bits per heavy atom. The van der Waals surface area contributed by atoms with Gasteiger partial charge < -0.3 is 4.74 Å². The molecule has 0 bridgehead atoms. The summed E-state index contributed by atoms with van der Waals surface area (Å²) in [6.45, 7) is 8.46. The minimum Gasteiger partial charge on any atom is -0.487 e. The van der Waals surface area contributed by atoms with Crippen LogP contribution in [0.15, 0.2) is 12.4 Å². The van der Waals surface area contributed by atoms with Crippen molar-refractivity contribution in [3.8, 4) is 5.75 Å². The van der Waals surface area contributed by atoms with E-state index in [1.54, 1.807) is 6.20 Å². The van der Waals surface area contributed by atoms with Gasteiger partial charge >= 0.3 is 0 Å². The van der Waals surface area contributed by atoms with Gasteiger partial charge in [-0.2, -0.15) is 5.10 Å². The second-order valence-electron chi connectivity index (χ2n) is 3.97. The lowest BCUT2D eigenvalue weighted by atomic mass is 10.2. The Labute approximate surface area is 86.1 Å². The van der Waals surface area contributed by atoms with Crippen LogP contribution < -0.4 is 4.74 Å². The molecule has 80 valence electrons. The van der Waals surface area contributed by atoms with Crippen molar-refractivity contribution in [3.63, 3.8) is 0 Å². The fraction of sp³-hybridized carbons (Fsp3) is 0.727. The summed E-state index contributed by atoms with van der Waals surface area (Å²) < 4.78 is 7.61. The number of aromatic nitrogens is 2. The largest absolute Gasteiger partial charge is 0.487 e. The zero-order valence-electron chi connectivity index (χ0n) is 9.53. The van der Waals surface area contributed by atoms with E-state index < -0.39 is 0 Å². The van der Waals surface area contributed by atoms with Crippen LogP contribution in [0.25, 0.3) is 0 Å². The Morgan fingerprint density at radius 1 is 1.43 bits per heavy atom. The van der Waals surface area contributed by atoms with Crippen LogP contribution in [0.1, 0.15) is 46.6 Å². The van der Waals surface area contributed by atoms with Crippen molar-refractivity contribution in [1.82, 2.24) is 9.78 Å². The molecule has 1 heterocycles. The first-order valence-corrected chi connectivity index (χ1v) is 5.34. The molecule has 0 aromatic carbocycles. The first kappa shape index (κ1) is 11.1. The van der Waals surface area contributed by atoms with E-state index in [1.165, 1.54) is 0 Å². The highest BCUT2D eigenvalue weighted by Crippen LogP contribution is 2.15. The van der Waals surface area contributed by atoms with Gasteiger partial charge in [-0.25, -0.2) is 0 Å². The molecule has 14 heavy (non-hydrogen) atoms. The molecule has 0 saturated carbocycles. The highest BCUT2D eigenvalue weighted by Gasteiger charge is 2.06. The van der Waals surface area contributed by atoms with Crippen LogP contribution in [-0.2, 0) is 0 Å². The molecule has 0 aliphatic rings. The lowest BCUT2D eigenvalue weighted by Gasteiger charge is -2.11. The number of hydrogen-bond donors (Lipinski definition) is 0.